The molecule has 0 saturated carbocycles. The van der Waals surface area contributed by atoms with E-state index in [9.17, 15) is 4.79 Å². The molecule has 0 radical (unpaired) electrons. The van der Waals surface area contributed by atoms with Gasteiger partial charge >= 0.3 is 0 Å². The molecule has 1 aliphatic carbocycles. The van der Waals surface area contributed by atoms with E-state index < -0.39 is 0 Å². The zero-order chi connectivity index (χ0) is 11.7. The third-order valence-corrected chi connectivity index (χ3v) is 3.28. The highest BCUT2D eigenvalue weighted by Gasteiger charge is 2.19. The first-order chi connectivity index (χ1) is 7.58. The second-order valence-corrected chi connectivity index (χ2v) is 4.97. The average molecular weight is 302 g/mol. The van der Waals surface area contributed by atoms with E-state index in [1.807, 2.05) is 0 Å². The Hall–Kier alpha value is -0.870. The summed E-state index contributed by atoms with van der Waals surface area (Å²) < 4.78 is 2.34. The monoisotopic (exact) mass is 300 g/mol. The lowest BCUT2D eigenvalue weighted by Gasteiger charge is -2.08. The molecule has 16 heavy (non-hydrogen) atoms. The number of carbonyl (C=O) groups is 1. The van der Waals surface area contributed by atoms with Crippen LogP contribution in [0.3, 0.4) is 0 Å². The van der Waals surface area contributed by atoms with Crippen molar-refractivity contribution in [2.75, 3.05) is 0 Å². The van der Waals surface area contributed by atoms with Crippen LogP contribution in [0.25, 0.3) is 0 Å². The molecule has 1 aromatic heterocycles. The van der Waals surface area contributed by atoms with Crippen LogP contribution in [0, 0.1) is 0 Å². The second kappa shape index (κ2) is 4.55. The first-order valence-electron chi connectivity index (χ1n) is 4.87. The Balaban J connectivity index is 2.30. The van der Waals surface area contributed by atoms with Crippen molar-refractivity contribution in [1.29, 1.82) is 0 Å². The minimum Gasteiger partial charge on any atom is -0.287 e. The minimum absolute atomic E-state index is 0.0344. The van der Waals surface area contributed by atoms with Gasteiger partial charge in [-0.3, -0.25) is 9.48 Å². The van der Waals surface area contributed by atoms with Gasteiger partial charge in [0.1, 0.15) is 5.69 Å². The van der Waals surface area contributed by atoms with Gasteiger partial charge in [0, 0.05) is 23.8 Å². The number of hydrogen-bond acceptors (Lipinski definition) is 2. The molecule has 0 fully saturated rings. The Morgan fingerprint density at radius 3 is 2.75 bits per heavy atom. The number of rotatable bonds is 2. The highest BCUT2D eigenvalue weighted by molar-refractivity contribution is 9.10. The summed E-state index contributed by atoms with van der Waals surface area (Å²) in [5.41, 5.74) is 1.21. The molecule has 1 heterocycles. The molecule has 0 aliphatic heterocycles. The highest BCUT2D eigenvalue weighted by atomic mass is 79.9. The number of carbonyl (C=O) groups excluding carboxylic acids is 1. The van der Waals surface area contributed by atoms with E-state index in [0.717, 1.165) is 21.5 Å². The molecule has 2 rings (SSSR count). The lowest BCUT2D eigenvalue weighted by Crippen LogP contribution is -2.07. The van der Waals surface area contributed by atoms with Crippen LogP contribution in [0.5, 0.6) is 0 Å². The number of hydrogen-bond donors (Lipinski definition) is 0. The minimum atomic E-state index is -0.0344. The fourth-order valence-corrected chi connectivity index (χ4v) is 2.28. The summed E-state index contributed by atoms with van der Waals surface area (Å²) in [5.74, 6) is -0.0344. The number of allylic oxidation sites excluding steroid dienone is 4. The van der Waals surface area contributed by atoms with Crippen molar-refractivity contribution in [1.82, 2.24) is 9.78 Å². The number of halogens is 2. The van der Waals surface area contributed by atoms with Gasteiger partial charge in [-0.25, -0.2) is 0 Å². The standard InChI is InChI=1S/C11H10BrClN2O/c1-15-6-9(12)10(14-15)11(16)7-2-4-8(13)5-3-7/h2,4,6H,3,5H2,1H3. The molecule has 5 heteroatoms. The molecule has 0 bridgehead atoms. The van der Waals surface area contributed by atoms with Crippen LogP contribution in [0.2, 0.25) is 0 Å². The molecule has 0 spiro atoms. The fraction of sp³-hybridized carbons (Fsp3) is 0.273. The van der Waals surface area contributed by atoms with Crippen LogP contribution in [0.1, 0.15) is 23.3 Å². The predicted octanol–water partition coefficient (Wildman–Crippen LogP) is 3.21. The molecule has 0 aromatic carbocycles. The van der Waals surface area contributed by atoms with Crippen LogP contribution in [-0.2, 0) is 7.05 Å². The summed E-state index contributed by atoms with van der Waals surface area (Å²) in [7, 11) is 1.79. The summed E-state index contributed by atoms with van der Waals surface area (Å²) in [6.45, 7) is 0. The average Bonchev–Trinajstić information content (AvgIpc) is 2.58. The molecule has 0 amide bonds. The number of nitrogens with zero attached hydrogens (tertiary/aromatic N) is 2. The largest absolute Gasteiger partial charge is 0.287 e. The van der Waals surface area contributed by atoms with Crippen molar-refractivity contribution in [3.8, 4) is 0 Å². The van der Waals surface area contributed by atoms with Gasteiger partial charge < -0.3 is 0 Å². The zero-order valence-electron chi connectivity index (χ0n) is 8.70. The molecule has 1 aromatic rings. The summed E-state index contributed by atoms with van der Waals surface area (Å²) in [5, 5.41) is 4.92. The molecular weight excluding hydrogens is 291 g/mol. The number of aryl methyl sites for hydroxylation is 1. The van der Waals surface area contributed by atoms with Crippen molar-refractivity contribution >= 4 is 33.3 Å². The lowest BCUT2D eigenvalue weighted by molar-refractivity contribution is 0.102. The number of ketones is 1. The zero-order valence-corrected chi connectivity index (χ0v) is 11.0. The van der Waals surface area contributed by atoms with Gasteiger partial charge in [-0.1, -0.05) is 17.7 Å². The van der Waals surface area contributed by atoms with Gasteiger partial charge in [-0.05, 0) is 34.8 Å². The maximum Gasteiger partial charge on any atom is 0.210 e. The topological polar surface area (TPSA) is 34.9 Å². The van der Waals surface area contributed by atoms with Gasteiger partial charge in [-0.15, -0.1) is 0 Å². The third kappa shape index (κ3) is 2.28. The van der Waals surface area contributed by atoms with Gasteiger partial charge in [0.25, 0.3) is 0 Å². The van der Waals surface area contributed by atoms with E-state index in [0.29, 0.717) is 12.1 Å². The van der Waals surface area contributed by atoms with Gasteiger partial charge in [0.05, 0.1) is 4.47 Å². The van der Waals surface area contributed by atoms with Gasteiger partial charge in [-0.2, -0.15) is 5.10 Å². The quantitative estimate of drug-likeness (QED) is 0.786. The normalized spacial score (nSPS) is 15.7. The summed E-state index contributed by atoms with van der Waals surface area (Å²) in [6.07, 6.45) is 6.71. The van der Waals surface area contributed by atoms with Crippen molar-refractivity contribution < 1.29 is 4.79 Å². The Morgan fingerprint density at radius 2 is 2.25 bits per heavy atom. The Bertz CT molecular complexity index is 502. The molecule has 84 valence electrons. The van der Waals surface area contributed by atoms with E-state index in [1.54, 1.807) is 30.1 Å². The maximum atomic E-state index is 12.1. The van der Waals surface area contributed by atoms with E-state index in [1.165, 1.54) is 0 Å². The molecule has 3 nitrogen and oxygen atoms in total. The number of Topliss-reactive ketones (excluding diaryl/α,β-unsaturated/α-hetero) is 1. The van der Waals surface area contributed by atoms with E-state index in [4.69, 9.17) is 11.6 Å². The van der Waals surface area contributed by atoms with Gasteiger partial charge in [0.2, 0.25) is 5.78 Å². The molecule has 0 unspecified atom stereocenters. The molecule has 0 saturated heterocycles. The van der Waals surface area contributed by atoms with Crippen molar-refractivity contribution in [3.63, 3.8) is 0 Å². The maximum absolute atomic E-state index is 12.1. The highest BCUT2D eigenvalue weighted by Crippen LogP contribution is 2.25. The molecular formula is C11H10BrClN2O. The predicted molar refractivity (Wildman–Crippen MR) is 66.5 cm³/mol. The first-order valence-corrected chi connectivity index (χ1v) is 6.04. The molecule has 1 aliphatic rings. The van der Waals surface area contributed by atoms with Crippen LogP contribution < -0.4 is 0 Å². The lowest BCUT2D eigenvalue weighted by atomic mass is 9.99. The van der Waals surface area contributed by atoms with Crippen LogP contribution in [-0.4, -0.2) is 15.6 Å². The third-order valence-electron chi connectivity index (χ3n) is 2.39. The van der Waals surface area contributed by atoms with Crippen molar-refractivity contribution in [2.45, 2.75) is 12.8 Å². The summed E-state index contributed by atoms with van der Waals surface area (Å²) in [4.78, 5) is 12.1. The van der Waals surface area contributed by atoms with E-state index in [2.05, 4.69) is 21.0 Å². The summed E-state index contributed by atoms with van der Waals surface area (Å²) >= 11 is 9.17. The molecule has 0 atom stereocenters. The first kappa shape index (κ1) is 11.6. The van der Waals surface area contributed by atoms with Crippen molar-refractivity contribution in [3.05, 3.63) is 39.1 Å². The van der Waals surface area contributed by atoms with Gasteiger partial charge in [0.15, 0.2) is 0 Å². The fourth-order valence-electron chi connectivity index (χ4n) is 1.57. The smallest absolute Gasteiger partial charge is 0.210 e. The van der Waals surface area contributed by atoms with Crippen molar-refractivity contribution in [2.24, 2.45) is 7.05 Å². The Morgan fingerprint density at radius 1 is 1.50 bits per heavy atom. The SMILES string of the molecule is Cn1cc(Br)c(C(=O)C2=CC=C(Cl)CC2)n1. The van der Waals surface area contributed by atoms with Crippen LogP contribution >= 0.6 is 27.5 Å². The summed E-state index contributed by atoms with van der Waals surface area (Å²) in [6, 6.07) is 0. The number of aromatic nitrogens is 2. The van der Waals surface area contributed by atoms with E-state index >= 15 is 0 Å². The second-order valence-electron chi connectivity index (χ2n) is 3.63. The van der Waals surface area contributed by atoms with Crippen LogP contribution in [0.4, 0.5) is 0 Å². The van der Waals surface area contributed by atoms with Crippen LogP contribution in [0.15, 0.2) is 33.4 Å². The molecule has 0 N–H and O–H groups in total. The Kier molecular flexibility index (Phi) is 3.30. The Labute approximate surface area is 107 Å². The van der Waals surface area contributed by atoms with E-state index in [-0.39, 0.29) is 5.78 Å².